The number of carbonyl (C=O) groups excluding carboxylic acids is 1. The van der Waals surface area contributed by atoms with Crippen molar-refractivity contribution in [1.82, 2.24) is 14.1 Å². The van der Waals surface area contributed by atoms with Gasteiger partial charge < -0.3 is 13.9 Å². The monoisotopic (exact) mass is 269 g/mol. The van der Waals surface area contributed by atoms with Crippen LogP contribution in [0.4, 0.5) is 0 Å². The van der Waals surface area contributed by atoms with Gasteiger partial charge in [0.1, 0.15) is 0 Å². The van der Waals surface area contributed by atoms with Crippen LogP contribution in [0.15, 0.2) is 43.1 Å². The third-order valence-electron chi connectivity index (χ3n) is 3.42. The molecule has 0 atom stereocenters. The summed E-state index contributed by atoms with van der Waals surface area (Å²) in [5.41, 5.74) is 3.10. The van der Waals surface area contributed by atoms with Gasteiger partial charge in [-0.05, 0) is 17.7 Å². The summed E-state index contributed by atoms with van der Waals surface area (Å²) in [5.74, 6) is -0.226. The molecule has 0 amide bonds. The first-order valence-electron chi connectivity index (χ1n) is 6.32. The quantitative estimate of drug-likeness (QED) is 0.684. The van der Waals surface area contributed by atoms with E-state index in [9.17, 15) is 4.79 Å². The number of imidazole rings is 1. The van der Waals surface area contributed by atoms with Crippen molar-refractivity contribution in [2.75, 3.05) is 7.11 Å². The highest BCUT2D eigenvalue weighted by atomic mass is 16.5. The summed E-state index contributed by atoms with van der Waals surface area (Å²) < 4.78 is 8.71. The van der Waals surface area contributed by atoms with Gasteiger partial charge in [0.25, 0.3) is 0 Å². The number of benzene rings is 1. The molecule has 0 N–H and O–H groups in total. The number of methoxy groups -OCH3 is 1. The van der Waals surface area contributed by atoms with Crippen LogP contribution in [0.1, 0.15) is 5.56 Å². The Kier molecular flexibility index (Phi) is 3.02. The molecule has 0 spiro atoms. The number of hydrogen-bond donors (Lipinski definition) is 0. The molecule has 102 valence electrons. The van der Waals surface area contributed by atoms with Gasteiger partial charge in [-0.15, -0.1) is 0 Å². The average molecular weight is 269 g/mol. The molecule has 5 heteroatoms. The minimum absolute atomic E-state index is 0.226. The van der Waals surface area contributed by atoms with Crippen LogP contribution in [0.25, 0.3) is 16.6 Å². The van der Waals surface area contributed by atoms with Crippen LogP contribution in [0.5, 0.6) is 0 Å². The van der Waals surface area contributed by atoms with E-state index in [1.54, 1.807) is 12.5 Å². The van der Waals surface area contributed by atoms with Crippen LogP contribution in [0, 0.1) is 0 Å². The molecule has 0 aliphatic carbocycles. The van der Waals surface area contributed by atoms with Gasteiger partial charge in [0.15, 0.2) is 0 Å². The molecule has 1 aromatic carbocycles. The third-order valence-corrected chi connectivity index (χ3v) is 3.42. The normalized spacial score (nSPS) is 10.9. The van der Waals surface area contributed by atoms with Gasteiger partial charge in [0, 0.05) is 36.7 Å². The molecule has 3 rings (SSSR count). The number of aromatic nitrogens is 3. The van der Waals surface area contributed by atoms with E-state index in [-0.39, 0.29) is 12.4 Å². The minimum atomic E-state index is -0.226. The fourth-order valence-corrected chi connectivity index (χ4v) is 2.40. The second kappa shape index (κ2) is 4.85. The number of nitrogens with zero attached hydrogens (tertiary/aromatic N) is 3. The molecular weight excluding hydrogens is 254 g/mol. The predicted molar refractivity (Wildman–Crippen MR) is 75.8 cm³/mol. The Morgan fingerprint density at radius 3 is 2.95 bits per heavy atom. The Morgan fingerprint density at radius 2 is 2.25 bits per heavy atom. The molecule has 0 saturated heterocycles. The van der Waals surface area contributed by atoms with Crippen molar-refractivity contribution in [2.45, 2.75) is 6.42 Å². The maximum absolute atomic E-state index is 11.4. The summed E-state index contributed by atoms with van der Waals surface area (Å²) in [4.78, 5) is 15.5. The molecule has 0 aliphatic heterocycles. The van der Waals surface area contributed by atoms with Crippen LogP contribution in [0.3, 0.4) is 0 Å². The Bertz CT molecular complexity index is 757. The largest absolute Gasteiger partial charge is 0.469 e. The van der Waals surface area contributed by atoms with Crippen molar-refractivity contribution < 1.29 is 9.53 Å². The van der Waals surface area contributed by atoms with Gasteiger partial charge in [-0.3, -0.25) is 4.79 Å². The van der Waals surface area contributed by atoms with Crippen molar-refractivity contribution in [3.05, 3.63) is 48.7 Å². The second-order valence-corrected chi connectivity index (χ2v) is 4.69. The maximum Gasteiger partial charge on any atom is 0.310 e. The lowest BCUT2D eigenvalue weighted by Crippen LogP contribution is -2.03. The van der Waals surface area contributed by atoms with Gasteiger partial charge in [-0.2, -0.15) is 0 Å². The lowest BCUT2D eigenvalue weighted by atomic mass is 10.1. The van der Waals surface area contributed by atoms with E-state index in [2.05, 4.69) is 11.1 Å². The molecule has 0 bridgehead atoms. The zero-order valence-electron chi connectivity index (χ0n) is 11.4. The van der Waals surface area contributed by atoms with Gasteiger partial charge in [-0.25, -0.2) is 4.98 Å². The van der Waals surface area contributed by atoms with E-state index in [1.807, 2.05) is 40.7 Å². The summed E-state index contributed by atoms with van der Waals surface area (Å²) in [6, 6.07) is 6.13. The van der Waals surface area contributed by atoms with Gasteiger partial charge >= 0.3 is 5.97 Å². The summed E-state index contributed by atoms with van der Waals surface area (Å²) in [6.45, 7) is 0. The van der Waals surface area contributed by atoms with Crippen LogP contribution in [0.2, 0.25) is 0 Å². The van der Waals surface area contributed by atoms with Crippen LogP contribution >= 0.6 is 0 Å². The summed E-state index contributed by atoms with van der Waals surface area (Å²) >= 11 is 0. The number of esters is 1. The molecule has 0 saturated carbocycles. The van der Waals surface area contributed by atoms with E-state index in [4.69, 9.17) is 4.74 Å². The van der Waals surface area contributed by atoms with Gasteiger partial charge in [0.2, 0.25) is 0 Å². The van der Waals surface area contributed by atoms with Crippen molar-refractivity contribution in [2.24, 2.45) is 7.05 Å². The first-order chi connectivity index (χ1) is 9.69. The van der Waals surface area contributed by atoms with E-state index >= 15 is 0 Å². The summed E-state index contributed by atoms with van der Waals surface area (Å²) in [5, 5.41) is 1.07. The lowest BCUT2D eigenvalue weighted by Gasteiger charge is -2.04. The number of hydrogen-bond acceptors (Lipinski definition) is 3. The zero-order chi connectivity index (χ0) is 14.1. The number of carbonyl (C=O) groups is 1. The first-order valence-corrected chi connectivity index (χ1v) is 6.32. The molecule has 20 heavy (non-hydrogen) atoms. The predicted octanol–water partition coefficient (Wildman–Crippen LogP) is 2.08. The second-order valence-electron chi connectivity index (χ2n) is 4.69. The third kappa shape index (κ3) is 2.07. The molecule has 2 heterocycles. The number of aryl methyl sites for hydroxylation is 1. The fraction of sp³-hybridized carbons (Fsp3) is 0.200. The van der Waals surface area contributed by atoms with E-state index < -0.39 is 0 Å². The summed E-state index contributed by atoms with van der Waals surface area (Å²) in [6.07, 6.45) is 7.67. The molecule has 2 aromatic heterocycles. The fourth-order valence-electron chi connectivity index (χ4n) is 2.40. The highest BCUT2D eigenvalue weighted by Crippen LogP contribution is 2.24. The average Bonchev–Trinajstić information content (AvgIpc) is 3.08. The first kappa shape index (κ1) is 12.5. The Morgan fingerprint density at radius 1 is 1.40 bits per heavy atom. The van der Waals surface area contributed by atoms with Crippen molar-refractivity contribution in [1.29, 1.82) is 0 Å². The Labute approximate surface area is 116 Å². The zero-order valence-corrected chi connectivity index (χ0v) is 11.4. The van der Waals surface area contributed by atoms with Gasteiger partial charge in [0.05, 0.1) is 25.4 Å². The molecule has 0 radical (unpaired) electrons. The lowest BCUT2D eigenvalue weighted by molar-refractivity contribution is -0.139. The molecule has 0 fully saturated rings. The van der Waals surface area contributed by atoms with Crippen molar-refractivity contribution in [3.8, 4) is 5.69 Å². The Balaban J connectivity index is 2.08. The van der Waals surface area contributed by atoms with E-state index in [0.717, 1.165) is 22.2 Å². The Hall–Kier alpha value is -2.56. The highest BCUT2D eigenvalue weighted by Gasteiger charge is 2.11. The van der Waals surface area contributed by atoms with Crippen LogP contribution < -0.4 is 0 Å². The summed E-state index contributed by atoms with van der Waals surface area (Å²) in [7, 11) is 3.38. The SMILES string of the molecule is COC(=O)Cc1cn(C)c2cc(-n3ccnc3)ccc12. The smallest absolute Gasteiger partial charge is 0.310 e. The van der Waals surface area contributed by atoms with Crippen LogP contribution in [-0.4, -0.2) is 27.2 Å². The molecule has 3 aromatic rings. The van der Waals surface area contributed by atoms with Crippen LogP contribution in [-0.2, 0) is 23.0 Å². The van der Waals surface area contributed by atoms with Gasteiger partial charge in [-0.1, -0.05) is 6.07 Å². The highest BCUT2D eigenvalue weighted by molar-refractivity contribution is 5.89. The number of rotatable bonds is 3. The van der Waals surface area contributed by atoms with Crippen molar-refractivity contribution >= 4 is 16.9 Å². The topological polar surface area (TPSA) is 49.0 Å². The minimum Gasteiger partial charge on any atom is -0.469 e. The maximum atomic E-state index is 11.4. The van der Waals surface area contributed by atoms with E-state index in [0.29, 0.717) is 0 Å². The van der Waals surface area contributed by atoms with E-state index in [1.165, 1.54) is 7.11 Å². The number of ether oxygens (including phenoxy) is 1. The molecule has 5 nitrogen and oxygen atoms in total. The van der Waals surface area contributed by atoms with Crippen molar-refractivity contribution in [3.63, 3.8) is 0 Å². The molecule has 0 aliphatic rings. The molecule has 0 unspecified atom stereocenters. The number of fused-ring (bicyclic) bond motifs is 1. The standard InChI is InChI=1S/C15H15N3O2/c1-17-9-11(7-15(19)20-2)13-4-3-12(8-14(13)17)18-6-5-16-10-18/h3-6,8-10H,7H2,1-2H3. The molecular formula is C15H15N3O2.